The normalized spacial score (nSPS) is 9.96. The number of fused-ring (bicyclic) bond motifs is 1. The number of nitrogens with zero attached hydrogens (tertiary/aromatic N) is 2. The first-order valence-electron chi connectivity index (χ1n) is 5.27. The molecule has 0 saturated carbocycles. The number of nitriles is 2. The van der Waals surface area contributed by atoms with Gasteiger partial charge < -0.3 is 0 Å². The third kappa shape index (κ3) is 2.61. The average molecular weight is 340 g/mol. The predicted octanol–water partition coefficient (Wildman–Crippen LogP) is 0.787. The minimum absolute atomic E-state index is 0. The van der Waals surface area contributed by atoms with Crippen LogP contribution in [0.15, 0.2) is 0 Å². The maximum atomic E-state index is 14.1. The van der Waals surface area contributed by atoms with Gasteiger partial charge in [0.2, 0.25) is 0 Å². The van der Waals surface area contributed by atoms with Gasteiger partial charge in [-0.05, 0) is 0 Å². The van der Waals surface area contributed by atoms with E-state index in [9.17, 15) is 30.7 Å². The van der Waals surface area contributed by atoms with Gasteiger partial charge in [-0.25, -0.2) is 32.5 Å². The van der Waals surface area contributed by atoms with Crippen molar-refractivity contribution in [2.45, 2.75) is 0 Å². The first-order chi connectivity index (χ1) is 10.3. The molecule has 2 aromatic carbocycles. The molecule has 2 aromatic rings. The van der Waals surface area contributed by atoms with Crippen molar-refractivity contribution in [2.24, 2.45) is 0 Å². The second-order valence-electron chi connectivity index (χ2n) is 3.92. The fraction of sp³-hybridized carbons (Fsp3) is 0. The Hall–Kier alpha value is -1.94. The minimum Gasteiger partial charge on any atom is -0.283 e. The van der Waals surface area contributed by atoms with Crippen LogP contribution in [0.3, 0.4) is 0 Å². The second-order valence-corrected chi connectivity index (χ2v) is 3.92. The first kappa shape index (κ1) is 19.1. The molecule has 112 valence electrons. The summed E-state index contributed by atoms with van der Waals surface area (Å²) in [5.74, 6) is -17.4. The molecule has 0 N–H and O–H groups in total. The fourth-order valence-corrected chi connectivity index (χ4v) is 1.84. The Kier molecular flexibility index (Phi) is 5.54. The molecule has 0 unspecified atom stereocenters. The van der Waals surface area contributed by atoms with Crippen LogP contribution in [0, 0.1) is 69.3 Å². The largest absolute Gasteiger partial charge is 1.00 e. The van der Waals surface area contributed by atoms with E-state index in [-0.39, 0.29) is 29.6 Å². The average Bonchev–Trinajstić information content (AvgIpc) is 2.50. The van der Waals surface area contributed by atoms with Crippen molar-refractivity contribution in [3.05, 3.63) is 52.2 Å². The number of rotatable bonds is 1. The van der Waals surface area contributed by atoms with Crippen molar-refractivity contribution >= 4 is 10.8 Å². The van der Waals surface area contributed by atoms with E-state index in [0.29, 0.717) is 0 Å². The zero-order valence-corrected chi connectivity index (χ0v) is 13.0. The van der Waals surface area contributed by atoms with E-state index >= 15 is 0 Å². The molecular weight excluding hydrogens is 340 g/mol. The molecule has 10 heteroatoms. The summed E-state index contributed by atoms with van der Waals surface area (Å²) in [4.78, 5) is 0. The van der Waals surface area contributed by atoms with Gasteiger partial charge in [-0.3, -0.25) is 8.78 Å². The summed E-state index contributed by atoms with van der Waals surface area (Å²) in [5, 5.41) is 13.6. The number of benzene rings is 2. The van der Waals surface area contributed by atoms with Crippen LogP contribution in [0.4, 0.5) is 30.7 Å². The molecule has 0 heterocycles. The van der Waals surface area contributed by atoms with E-state index in [0.717, 1.165) is 12.1 Å². The van der Waals surface area contributed by atoms with Gasteiger partial charge in [0.15, 0.2) is 23.3 Å². The molecule has 23 heavy (non-hydrogen) atoms. The molecule has 2 rings (SSSR count). The second kappa shape index (κ2) is 6.67. The molecular formula is C13F7N2Na. The van der Waals surface area contributed by atoms with Crippen LogP contribution < -0.4 is 29.6 Å². The molecule has 0 atom stereocenters. The van der Waals surface area contributed by atoms with E-state index in [1.54, 1.807) is 0 Å². The molecule has 0 spiro atoms. The van der Waals surface area contributed by atoms with Crippen LogP contribution in [-0.2, 0) is 0 Å². The van der Waals surface area contributed by atoms with Crippen LogP contribution in [0.25, 0.3) is 10.8 Å². The zero-order valence-electron chi connectivity index (χ0n) is 11.0. The van der Waals surface area contributed by atoms with Gasteiger partial charge >= 0.3 is 29.6 Å². The fourth-order valence-electron chi connectivity index (χ4n) is 1.84. The van der Waals surface area contributed by atoms with Crippen LogP contribution >= 0.6 is 0 Å². The van der Waals surface area contributed by atoms with E-state index in [1.165, 1.54) is 0 Å². The van der Waals surface area contributed by atoms with Crippen LogP contribution in [0.2, 0.25) is 0 Å². The van der Waals surface area contributed by atoms with Gasteiger partial charge in [-0.15, -0.1) is 0 Å². The van der Waals surface area contributed by atoms with Gasteiger partial charge in [0, 0.05) is 34.6 Å². The summed E-state index contributed by atoms with van der Waals surface area (Å²) in [6.07, 6.45) is 0. The summed E-state index contributed by atoms with van der Waals surface area (Å²) in [7, 11) is 0. The molecule has 0 bridgehead atoms. The summed E-state index contributed by atoms with van der Waals surface area (Å²) in [6.45, 7) is 0. The van der Waals surface area contributed by atoms with Crippen LogP contribution in [0.1, 0.15) is 5.56 Å². The SMILES string of the molecule is N#C[C-](C#N)c1c(F)c(F)c2c(F)c(F)c(F)c(F)c2c1F.[Na+]. The van der Waals surface area contributed by atoms with Crippen LogP contribution in [0.5, 0.6) is 0 Å². The van der Waals surface area contributed by atoms with Gasteiger partial charge in [0.1, 0.15) is 5.82 Å². The monoisotopic (exact) mass is 340 g/mol. The number of hydrogen-bond acceptors (Lipinski definition) is 2. The number of hydrogen-bond donors (Lipinski definition) is 0. The molecule has 0 fully saturated rings. The topological polar surface area (TPSA) is 47.6 Å². The summed E-state index contributed by atoms with van der Waals surface area (Å²) in [5.41, 5.74) is -1.60. The first-order valence-corrected chi connectivity index (χ1v) is 5.27. The molecule has 0 aromatic heterocycles. The molecule has 0 amide bonds. The standard InChI is InChI=1S/C13F7N2.Na/c14-7-4(3(1-21)2-22)8(15)9(16)6-5(7)10(17)12(19)13(20)11(6)18;/q-1;+1. The Bertz CT molecular complexity index is 885. The van der Waals surface area contributed by atoms with Gasteiger partial charge in [-0.1, -0.05) is 5.56 Å². The van der Waals surface area contributed by atoms with Crippen molar-refractivity contribution in [1.29, 1.82) is 10.5 Å². The molecule has 0 aliphatic heterocycles. The van der Waals surface area contributed by atoms with Crippen LogP contribution in [-0.4, -0.2) is 0 Å². The predicted molar refractivity (Wildman–Crippen MR) is 57.2 cm³/mol. The smallest absolute Gasteiger partial charge is 0.283 e. The van der Waals surface area contributed by atoms with E-state index in [4.69, 9.17) is 10.5 Å². The Balaban J connectivity index is 0.00000264. The van der Waals surface area contributed by atoms with Crippen molar-refractivity contribution in [3.8, 4) is 12.1 Å². The Labute approximate surface area is 146 Å². The Morgan fingerprint density at radius 1 is 0.565 bits per heavy atom. The van der Waals surface area contributed by atoms with E-state index < -0.39 is 63.0 Å². The molecule has 0 radical (unpaired) electrons. The van der Waals surface area contributed by atoms with Crippen molar-refractivity contribution in [1.82, 2.24) is 0 Å². The van der Waals surface area contributed by atoms with Gasteiger partial charge in [-0.2, -0.15) is 0 Å². The molecule has 2 nitrogen and oxygen atoms in total. The number of halogens is 7. The summed E-state index contributed by atoms with van der Waals surface area (Å²) >= 11 is 0. The maximum absolute atomic E-state index is 14.1. The molecule has 0 saturated heterocycles. The molecule has 0 aliphatic rings. The van der Waals surface area contributed by atoms with Gasteiger partial charge in [0.25, 0.3) is 0 Å². The Morgan fingerprint density at radius 2 is 0.913 bits per heavy atom. The van der Waals surface area contributed by atoms with E-state index in [2.05, 4.69) is 0 Å². The summed E-state index contributed by atoms with van der Waals surface area (Å²) < 4.78 is 94.7. The minimum atomic E-state index is -2.46. The Morgan fingerprint density at radius 3 is 1.30 bits per heavy atom. The van der Waals surface area contributed by atoms with Gasteiger partial charge in [0.05, 0.1) is 5.82 Å². The third-order valence-electron chi connectivity index (χ3n) is 2.81. The van der Waals surface area contributed by atoms with E-state index in [1.807, 2.05) is 0 Å². The third-order valence-corrected chi connectivity index (χ3v) is 2.81. The summed E-state index contributed by atoms with van der Waals surface area (Å²) in [6, 6.07) is 2.05. The zero-order chi connectivity index (χ0) is 16.8. The molecule has 0 aliphatic carbocycles. The maximum Gasteiger partial charge on any atom is 1.00 e. The quantitative estimate of drug-likeness (QED) is 0.253. The van der Waals surface area contributed by atoms with Crippen molar-refractivity contribution < 1.29 is 60.3 Å². The van der Waals surface area contributed by atoms with Crippen molar-refractivity contribution in [2.75, 3.05) is 0 Å². The van der Waals surface area contributed by atoms with Crippen molar-refractivity contribution in [3.63, 3.8) is 0 Å².